The molecule has 2 fully saturated rings. The Bertz CT molecular complexity index is 1190. The van der Waals surface area contributed by atoms with Gasteiger partial charge in [0.1, 0.15) is 0 Å². The number of hydrogen-bond donors (Lipinski definition) is 1. The molecule has 0 spiro atoms. The molecule has 2 saturated heterocycles. The Morgan fingerprint density at radius 3 is 2.26 bits per heavy atom. The lowest BCUT2D eigenvalue weighted by Crippen LogP contribution is -2.55. The average molecular weight is 521 g/mol. The van der Waals surface area contributed by atoms with E-state index in [1.165, 1.54) is 11.8 Å². The minimum atomic E-state index is -0.853. The highest BCUT2D eigenvalue weighted by Crippen LogP contribution is 2.35. The van der Waals surface area contributed by atoms with Crippen molar-refractivity contribution in [2.24, 2.45) is 5.92 Å². The summed E-state index contributed by atoms with van der Waals surface area (Å²) in [6.07, 6.45) is -0.929. The first-order chi connectivity index (χ1) is 18.1. The van der Waals surface area contributed by atoms with Crippen molar-refractivity contribution in [1.29, 1.82) is 0 Å². The number of amides is 4. The van der Waals surface area contributed by atoms with Gasteiger partial charge in [-0.2, -0.15) is 0 Å². The van der Waals surface area contributed by atoms with Gasteiger partial charge in [-0.25, -0.2) is 4.79 Å². The predicted molar refractivity (Wildman–Crippen MR) is 143 cm³/mol. The Kier molecular flexibility index (Phi) is 8.34. The molecule has 2 atom stereocenters. The number of anilines is 1. The zero-order valence-corrected chi connectivity index (χ0v) is 22.5. The minimum Gasteiger partial charge on any atom is -0.438 e. The average Bonchev–Trinajstić information content (AvgIpc) is 3.19. The lowest BCUT2D eigenvalue weighted by Gasteiger charge is -2.37. The molecule has 202 valence electrons. The molecule has 9 heteroatoms. The van der Waals surface area contributed by atoms with Gasteiger partial charge < -0.3 is 19.9 Å². The molecule has 2 aromatic rings. The first kappa shape index (κ1) is 27.2. The van der Waals surface area contributed by atoms with E-state index in [0.29, 0.717) is 43.9 Å². The van der Waals surface area contributed by atoms with Gasteiger partial charge in [0, 0.05) is 45.2 Å². The topological polar surface area (TPSA) is 99.3 Å². The number of piperazine rings is 1. The van der Waals surface area contributed by atoms with Crippen LogP contribution < -0.4 is 5.32 Å². The molecular formula is C29H36N4O5. The van der Waals surface area contributed by atoms with E-state index in [1.807, 2.05) is 45.0 Å². The van der Waals surface area contributed by atoms with Crippen molar-refractivity contribution in [3.63, 3.8) is 0 Å². The highest BCUT2D eigenvalue weighted by molar-refractivity contribution is 5.91. The molecule has 1 N–H and O–H groups in total. The molecule has 0 aliphatic carbocycles. The van der Waals surface area contributed by atoms with Crippen molar-refractivity contribution < 1.29 is 23.9 Å². The van der Waals surface area contributed by atoms with Gasteiger partial charge in [-0.3, -0.25) is 19.3 Å². The van der Waals surface area contributed by atoms with Crippen LogP contribution in [0.4, 0.5) is 10.5 Å². The zero-order chi connectivity index (χ0) is 27.4. The Morgan fingerprint density at radius 1 is 1.00 bits per heavy atom. The number of rotatable bonds is 7. The highest BCUT2D eigenvalue weighted by Gasteiger charge is 2.48. The molecule has 2 aliphatic rings. The molecule has 2 aromatic carbocycles. The number of nitrogens with zero attached hydrogens (tertiary/aromatic N) is 3. The van der Waals surface area contributed by atoms with Crippen LogP contribution in [-0.2, 0) is 25.7 Å². The number of carbonyl (C=O) groups is 4. The van der Waals surface area contributed by atoms with Gasteiger partial charge in [0.25, 0.3) is 0 Å². The van der Waals surface area contributed by atoms with Crippen molar-refractivity contribution in [2.45, 2.75) is 52.8 Å². The molecule has 0 saturated carbocycles. The van der Waals surface area contributed by atoms with Gasteiger partial charge >= 0.3 is 6.09 Å². The van der Waals surface area contributed by atoms with Gasteiger partial charge in [0.15, 0.2) is 12.1 Å². The van der Waals surface area contributed by atoms with E-state index in [2.05, 4.69) is 5.32 Å². The third-order valence-corrected chi connectivity index (χ3v) is 6.93. The first-order valence-electron chi connectivity index (χ1n) is 13.1. The van der Waals surface area contributed by atoms with Crippen LogP contribution in [0.15, 0.2) is 48.5 Å². The number of aryl methyl sites for hydroxylation is 1. The molecular weight excluding hydrogens is 484 g/mol. The standard InChI is InChI=1S/C29H36N4O5/c1-19(2)16-25(35)30-24-10-8-23(9-11-24)27-26(28(36)32-14-12-31(13-15-32)21(4)34)33(29(37)38-27)18-22-7-5-6-20(3)17-22/h5-11,17,19,26-27H,12-16,18H2,1-4H3,(H,30,35). The van der Waals surface area contributed by atoms with Crippen LogP contribution >= 0.6 is 0 Å². The third kappa shape index (κ3) is 6.33. The lowest BCUT2D eigenvalue weighted by molar-refractivity contribution is -0.142. The van der Waals surface area contributed by atoms with Gasteiger partial charge in [-0.1, -0.05) is 55.8 Å². The SMILES string of the molecule is CC(=O)N1CCN(C(=O)C2C(c3ccc(NC(=O)CC(C)C)cc3)OC(=O)N2Cc2cccc(C)c2)CC1. The summed E-state index contributed by atoms with van der Waals surface area (Å²) >= 11 is 0. The van der Waals surface area contributed by atoms with Crippen molar-refractivity contribution in [1.82, 2.24) is 14.7 Å². The van der Waals surface area contributed by atoms with Crippen molar-refractivity contribution in [2.75, 3.05) is 31.5 Å². The van der Waals surface area contributed by atoms with Crippen LogP contribution in [0.2, 0.25) is 0 Å². The summed E-state index contributed by atoms with van der Waals surface area (Å²) in [5, 5.41) is 2.88. The fourth-order valence-electron chi connectivity index (χ4n) is 4.97. The molecule has 38 heavy (non-hydrogen) atoms. The maximum atomic E-state index is 13.9. The Balaban J connectivity index is 1.58. The van der Waals surface area contributed by atoms with Gasteiger partial charge in [0.2, 0.25) is 17.7 Å². The maximum Gasteiger partial charge on any atom is 0.411 e. The Morgan fingerprint density at radius 2 is 1.66 bits per heavy atom. The van der Waals surface area contributed by atoms with E-state index >= 15 is 0 Å². The summed E-state index contributed by atoms with van der Waals surface area (Å²) in [5.74, 6) is -0.0419. The summed E-state index contributed by atoms with van der Waals surface area (Å²) in [4.78, 5) is 55.9. The lowest BCUT2D eigenvalue weighted by atomic mass is 9.99. The van der Waals surface area contributed by atoms with Crippen LogP contribution in [-0.4, -0.2) is 70.7 Å². The molecule has 2 aliphatic heterocycles. The quantitative estimate of drug-likeness (QED) is 0.600. The monoisotopic (exact) mass is 520 g/mol. The molecule has 4 amide bonds. The van der Waals surface area contributed by atoms with E-state index in [9.17, 15) is 19.2 Å². The first-order valence-corrected chi connectivity index (χ1v) is 13.1. The van der Waals surface area contributed by atoms with Gasteiger partial charge in [-0.15, -0.1) is 0 Å². The summed E-state index contributed by atoms with van der Waals surface area (Å²) < 4.78 is 5.81. The number of ether oxygens (including phenoxy) is 1. The number of nitrogens with one attached hydrogen (secondary N) is 1. The minimum absolute atomic E-state index is 0.0176. The fraction of sp³-hybridized carbons (Fsp3) is 0.448. The van der Waals surface area contributed by atoms with Crippen molar-refractivity contribution in [3.05, 3.63) is 65.2 Å². The maximum absolute atomic E-state index is 13.9. The molecule has 9 nitrogen and oxygen atoms in total. The Labute approximate surface area is 223 Å². The molecule has 2 unspecified atom stereocenters. The number of benzene rings is 2. The van der Waals surface area contributed by atoms with Crippen LogP contribution in [0.1, 0.15) is 50.0 Å². The van der Waals surface area contributed by atoms with E-state index in [1.54, 1.807) is 34.1 Å². The second kappa shape index (κ2) is 11.7. The molecule has 0 bridgehead atoms. The van der Waals surface area contributed by atoms with Crippen LogP contribution in [0.5, 0.6) is 0 Å². The molecule has 0 aromatic heterocycles. The second-order valence-corrected chi connectivity index (χ2v) is 10.5. The number of hydrogen-bond acceptors (Lipinski definition) is 5. The van der Waals surface area contributed by atoms with Crippen molar-refractivity contribution in [3.8, 4) is 0 Å². The smallest absolute Gasteiger partial charge is 0.411 e. The summed E-state index contributed by atoms with van der Waals surface area (Å²) in [7, 11) is 0. The Hall–Kier alpha value is -3.88. The van der Waals surface area contributed by atoms with Gasteiger partial charge in [-0.05, 0) is 36.1 Å². The van der Waals surface area contributed by atoms with E-state index in [0.717, 1.165) is 11.1 Å². The van der Waals surface area contributed by atoms with Crippen LogP contribution in [0.25, 0.3) is 0 Å². The number of carbonyl (C=O) groups excluding carboxylic acids is 4. The van der Waals surface area contributed by atoms with Gasteiger partial charge in [0.05, 0.1) is 6.54 Å². The normalized spacial score (nSPS) is 19.5. The predicted octanol–water partition coefficient (Wildman–Crippen LogP) is 3.73. The highest BCUT2D eigenvalue weighted by atomic mass is 16.6. The summed E-state index contributed by atoms with van der Waals surface area (Å²) in [5.41, 5.74) is 3.28. The largest absolute Gasteiger partial charge is 0.438 e. The van der Waals surface area contributed by atoms with E-state index in [-0.39, 0.29) is 30.2 Å². The summed E-state index contributed by atoms with van der Waals surface area (Å²) in [6.45, 7) is 9.41. The number of cyclic esters (lactones) is 1. The molecule has 0 radical (unpaired) electrons. The second-order valence-electron chi connectivity index (χ2n) is 10.5. The van der Waals surface area contributed by atoms with Crippen LogP contribution in [0.3, 0.4) is 0 Å². The van der Waals surface area contributed by atoms with E-state index < -0.39 is 18.2 Å². The molecule has 2 heterocycles. The summed E-state index contributed by atoms with van der Waals surface area (Å²) in [6, 6.07) is 14.1. The van der Waals surface area contributed by atoms with E-state index in [4.69, 9.17) is 4.74 Å². The fourth-order valence-corrected chi connectivity index (χ4v) is 4.97. The molecule has 4 rings (SSSR count). The van der Waals surface area contributed by atoms with Crippen molar-refractivity contribution >= 4 is 29.5 Å². The third-order valence-electron chi connectivity index (χ3n) is 6.93. The zero-order valence-electron chi connectivity index (χ0n) is 22.5. The van der Waals surface area contributed by atoms with Crippen LogP contribution in [0, 0.1) is 12.8 Å².